The Morgan fingerprint density at radius 2 is 1.56 bits per heavy atom. The Kier molecular flexibility index (Phi) is 8.28. The molecule has 2 aromatic carbocycles. The highest BCUT2D eigenvalue weighted by Gasteiger charge is 2.37. The first-order chi connectivity index (χ1) is 16.4. The third-order valence-corrected chi connectivity index (χ3v) is 6.58. The van der Waals surface area contributed by atoms with Gasteiger partial charge in [0.05, 0.1) is 0 Å². The zero-order valence-electron chi connectivity index (χ0n) is 19.8. The van der Waals surface area contributed by atoms with Crippen LogP contribution in [-0.4, -0.2) is 55.0 Å². The maximum Gasteiger partial charge on any atom is 0.408 e. The van der Waals surface area contributed by atoms with Crippen molar-refractivity contribution in [2.75, 3.05) is 20.3 Å². The van der Waals surface area contributed by atoms with Crippen LogP contribution in [0, 0.1) is 0 Å². The summed E-state index contributed by atoms with van der Waals surface area (Å²) in [5.74, 6) is -1.55. The average molecular weight is 469 g/mol. The number of ether oxygens (including phenoxy) is 2. The molecule has 3 N–H and O–H groups in total. The van der Waals surface area contributed by atoms with Gasteiger partial charge in [-0.05, 0) is 35.1 Å². The summed E-state index contributed by atoms with van der Waals surface area (Å²) < 4.78 is 10.5. The third-order valence-electron chi connectivity index (χ3n) is 6.58. The highest BCUT2D eigenvalue weighted by molar-refractivity contribution is 5.90. The number of nitrogens with one attached hydrogen (secondary N) is 2. The number of carbonyl (C=O) groups excluding carboxylic acids is 2. The number of carboxylic acid groups (broad SMARTS) is 1. The summed E-state index contributed by atoms with van der Waals surface area (Å²) >= 11 is 0. The van der Waals surface area contributed by atoms with E-state index in [9.17, 15) is 14.4 Å². The Hall–Kier alpha value is -3.39. The Balaban J connectivity index is 1.63. The largest absolute Gasteiger partial charge is 0.479 e. The summed E-state index contributed by atoms with van der Waals surface area (Å²) in [6.45, 7) is 3.88. The van der Waals surface area contributed by atoms with Crippen molar-refractivity contribution >= 4 is 18.0 Å². The van der Waals surface area contributed by atoms with Crippen LogP contribution in [0.2, 0.25) is 0 Å². The van der Waals surface area contributed by atoms with Crippen molar-refractivity contribution in [2.45, 2.75) is 50.7 Å². The third kappa shape index (κ3) is 5.22. The highest BCUT2D eigenvalue weighted by Crippen LogP contribution is 2.44. The molecular formula is C26H32N2O6. The zero-order valence-corrected chi connectivity index (χ0v) is 19.8. The van der Waals surface area contributed by atoms with Gasteiger partial charge in [-0.1, -0.05) is 62.4 Å². The maximum atomic E-state index is 12.9. The number of aliphatic carboxylic acids is 1. The molecule has 8 nitrogen and oxygen atoms in total. The lowest BCUT2D eigenvalue weighted by atomic mass is 9.91. The van der Waals surface area contributed by atoms with Crippen LogP contribution in [0.1, 0.15) is 50.2 Å². The minimum absolute atomic E-state index is 0.0772. The van der Waals surface area contributed by atoms with Crippen LogP contribution in [0.4, 0.5) is 4.79 Å². The molecule has 2 amide bonds. The SMILES string of the molecule is CCC(CC)(NC(=O)OCC1c2ccccc2-c2ccccc21)C(=O)NCCC(OC)C(=O)O. The molecular weight excluding hydrogens is 436 g/mol. The normalized spacial score (nSPS) is 13.5. The molecule has 182 valence electrons. The van der Waals surface area contributed by atoms with Gasteiger partial charge in [0, 0.05) is 26.0 Å². The fourth-order valence-electron chi connectivity index (χ4n) is 4.46. The van der Waals surface area contributed by atoms with Gasteiger partial charge in [0.15, 0.2) is 6.10 Å². The lowest BCUT2D eigenvalue weighted by Crippen LogP contribution is -2.58. The van der Waals surface area contributed by atoms with E-state index in [4.69, 9.17) is 14.6 Å². The average Bonchev–Trinajstić information content (AvgIpc) is 3.17. The first-order valence-electron chi connectivity index (χ1n) is 11.5. The molecule has 8 heteroatoms. The number of hydrogen-bond acceptors (Lipinski definition) is 5. The molecule has 0 heterocycles. The fourth-order valence-corrected chi connectivity index (χ4v) is 4.46. The number of carboxylic acids is 1. The van der Waals surface area contributed by atoms with E-state index >= 15 is 0 Å². The summed E-state index contributed by atoms with van der Waals surface area (Å²) in [6.07, 6.45) is -0.848. The van der Waals surface area contributed by atoms with E-state index in [0.717, 1.165) is 22.3 Å². The van der Waals surface area contributed by atoms with Crippen LogP contribution in [-0.2, 0) is 19.1 Å². The predicted molar refractivity (Wildman–Crippen MR) is 128 cm³/mol. The number of methoxy groups -OCH3 is 1. The molecule has 1 aliphatic carbocycles. The molecule has 0 aliphatic heterocycles. The van der Waals surface area contributed by atoms with Crippen LogP contribution >= 0.6 is 0 Å². The van der Waals surface area contributed by atoms with Crippen molar-refractivity contribution < 1.29 is 29.0 Å². The smallest absolute Gasteiger partial charge is 0.408 e. The number of fused-ring (bicyclic) bond motifs is 3. The topological polar surface area (TPSA) is 114 Å². The molecule has 0 radical (unpaired) electrons. The molecule has 0 bridgehead atoms. The van der Waals surface area contributed by atoms with E-state index in [1.165, 1.54) is 7.11 Å². The van der Waals surface area contributed by atoms with Crippen LogP contribution in [0.3, 0.4) is 0 Å². The molecule has 0 saturated heterocycles. The molecule has 0 spiro atoms. The van der Waals surface area contributed by atoms with Crippen molar-refractivity contribution in [3.63, 3.8) is 0 Å². The number of amides is 2. The molecule has 0 aromatic heterocycles. The number of benzene rings is 2. The van der Waals surface area contributed by atoms with Gasteiger partial charge in [-0.15, -0.1) is 0 Å². The van der Waals surface area contributed by atoms with Gasteiger partial charge in [-0.3, -0.25) is 4.79 Å². The van der Waals surface area contributed by atoms with E-state index in [2.05, 4.69) is 22.8 Å². The van der Waals surface area contributed by atoms with Gasteiger partial charge >= 0.3 is 12.1 Å². The summed E-state index contributed by atoms with van der Waals surface area (Å²) in [4.78, 5) is 36.8. The Bertz CT molecular complexity index is 988. The predicted octanol–water partition coefficient (Wildman–Crippen LogP) is 3.69. The van der Waals surface area contributed by atoms with Crippen molar-refractivity contribution in [1.82, 2.24) is 10.6 Å². The molecule has 1 aliphatic rings. The second kappa shape index (κ2) is 11.2. The van der Waals surface area contributed by atoms with E-state index in [-0.39, 0.29) is 31.4 Å². The second-order valence-electron chi connectivity index (χ2n) is 8.35. The summed E-state index contributed by atoms with van der Waals surface area (Å²) in [5, 5.41) is 14.5. The Morgan fingerprint density at radius 3 is 2.06 bits per heavy atom. The number of rotatable bonds is 11. The van der Waals surface area contributed by atoms with Crippen molar-refractivity contribution in [3.8, 4) is 11.1 Å². The number of carbonyl (C=O) groups is 3. The lowest BCUT2D eigenvalue weighted by Gasteiger charge is -2.31. The van der Waals surface area contributed by atoms with Crippen molar-refractivity contribution in [1.29, 1.82) is 0 Å². The van der Waals surface area contributed by atoms with Crippen LogP contribution in [0.15, 0.2) is 48.5 Å². The lowest BCUT2D eigenvalue weighted by molar-refractivity contribution is -0.149. The molecule has 0 fully saturated rings. The van der Waals surface area contributed by atoms with Gasteiger partial charge < -0.3 is 25.2 Å². The van der Waals surface area contributed by atoms with Gasteiger partial charge in [0.25, 0.3) is 0 Å². The minimum atomic E-state index is -1.16. The van der Waals surface area contributed by atoms with E-state index < -0.39 is 23.7 Å². The summed E-state index contributed by atoms with van der Waals surface area (Å²) in [5.41, 5.74) is 3.33. The van der Waals surface area contributed by atoms with Gasteiger partial charge in [-0.2, -0.15) is 0 Å². The summed E-state index contributed by atoms with van der Waals surface area (Å²) in [7, 11) is 1.31. The van der Waals surface area contributed by atoms with Gasteiger partial charge in [0.2, 0.25) is 5.91 Å². The highest BCUT2D eigenvalue weighted by atomic mass is 16.5. The molecule has 34 heavy (non-hydrogen) atoms. The van der Waals surface area contributed by atoms with Gasteiger partial charge in [-0.25, -0.2) is 9.59 Å². The standard InChI is InChI=1S/C26H32N2O6/c1-4-26(5-2,24(31)27-15-14-22(33-3)23(29)30)28-25(32)34-16-21-19-12-8-6-10-17(19)18-11-7-9-13-20(18)21/h6-13,21-22H,4-5,14-16H2,1-3H3,(H,27,31)(H,28,32)(H,29,30). The first kappa shape index (κ1) is 25.2. The maximum absolute atomic E-state index is 12.9. The first-order valence-corrected chi connectivity index (χ1v) is 11.5. The van der Waals surface area contributed by atoms with Crippen LogP contribution in [0.5, 0.6) is 0 Å². The second-order valence-corrected chi connectivity index (χ2v) is 8.35. The Morgan fingerprint density at radius 1 is 1.00 bits per heavy atom. The van der Waals surface area contributed by atoms with Crippen LogP contribution in [0.25, 0.3) is 11.1 Å². The molecule has 2 aromatic rings. The molecule has 1 atom stereocenters. The number of alkyl carbamates (subject to hydrolysis) is 1. The summed E-state index contributed by atoms with van der Waals surface area (Å²) in [6, 6.07) is 16.1. The molecule has 0 saturated carbocycles. The van der Waals surface area contributed by atoms with Gasteiger partial charge in [0.1, 0.15) is 12.1 Å². The number of hydrogen-bond donors (Lipinski definition) is 3. The van der Waals surface area contributed by atoms with E-state index in [0.29, 0.717) is 12.8 Å². The van der Waals surface area contributed by atoms with E-state index in [1.807, 2.05) is 50.2 Å². The van der Waals surface area contributed by atoms with Crippen molar-refractivity contribution in [3.05, 3.63) is 59.7 Å². The monoisotopic (exact) mass is 468 g/mol. The quantitative estimate of drug-likeness (QED) is 0.464. The minimum Gasteiger partial charge on any atom is -0.479 e. The van der Waals surface area contributed by atoms with Crippen molar-refractivity contribution in [2.24, 2.45) is 0 Å². The Labute approximate surface area is 199 Å². The fraction of sp³-hybridized carbons (Fsp3) is 0.423. The molecule has 3 rings (SSSR count). The zero-order chi connectivity index (χ0) is 24.7. The van der Waals surface area contributed by atoms with E-state index in [1.54, 1.807) is 0 Å². The van der Waals surface area contributed by atoms with Crippen LogP contribution < -0.4 is 10.6 Å². The molecule has 1 unspecified atom stereocenters.